The molecule has 2 aromatic carbocycles. The van der Waals surface area contributed by atoms with Crippen molar-refractivity contribution in [2.75, 3.05) is 11.4 Å². The highest BCUT2D eigenvalue weighted by Gasteiger charge is 2.61. The van der Waals surface area contributed by atoms with Crippen LogP contribution < -0.4 is 4.90 Å². The second kappa shape index (κ2) is 8.29. The lowest BCUT2D eigenvalue weighted by molar-refractivity contribution is -0.179. The van der Waals surface area contributed by atoms with E-state index >= 15 is 0 Å². The number of carboxylic acids is 1. The molecule has 1 saturated carbocycles. The fourth-order valence-electron chi connectivity index (χ4n) is 4.65. The van der Waals surface area contributed by atoms with Gasteiger partial charge in [-0.1, -0.05) is 12.1 Å². The zero-order valence-electron chi connectivity index (χ0n) is 17.6. The van der Waals surface area contributed by atoms with E-state index in [1.807, 2.05) is 0 Å². The first-order valence-electron chi connectivity index (χ1n) is 10.3. The number of halogens is 4. The molecule has 2 aliphatic rings. The molecule has 0 radical (unpaired) electrons. The third-order valence-corrected chi connectivity index (χ3v) is 6.48. The topological polar surface area (TPSA) is 105 Å². The predicted molar refractivity (Wildman–Crippen MR) is 110 cm³/mol. The summed E-state index contributed by atoms with van der Waals surface area (Å²) < 4.78 is 53.3. The van der Waals surface area contributed by atoms with Crippen LogP contribution >= 0.6 is 0 Å². The monoisotopic (exact) mass is 477 g/mol. The van der Waals surface area contributed by atoms with Crippen LogP contribution in [-0.2, 0) is 22.3 Å². The average molecular weight is 477 g/mol. The number of anilines is 1. The number of hydrogen-bond donors (Lipinski definition) is 2. The minimum Gasteiger partial charge on any atom is -0.481 e. The normalized spacial score (nSPS) is 24.6. The first-order chi connectivity index (χ1) is 16.0. The van der Waals surface area contributed by atoms with Crippen LogP contribution in [0.3, 0.4) is 0 Å². The largest absolute Gasteiger partial charge is 0.481 e. The lowest BCUT2D eigenvalue weighted by Crippen LogP contribution is -2.75. The van der Waals surface area contributed by atoms with E-state index in [2.05, 4.69) is 0 Å². The predicted octanol–water partition coefficient (Wildman–Crippen LogP) is 3.12. The third kappa shape index (κ3) is 3.94. The zero-order valence-corrected chi connectivity index (χ0v) is 17.6. The van der Waals surface area contributed by atoms with Gasteiger partial charge < -0.3 is 20.0 Å². The summed E-state index contributed by atoms with van der Waals surface area (Å²) in [7, 11) is 0. The second-order valence-corrected chi connectivity index (χ2v) is 8.50. The van der Waals surface area contributed by atoms with Gasteiger partial charge in [-0.3, -0.25) is 9.59 Å². The van der Waals surface area contributed by atoms with E-state index in [4.69, 9.17) is 5.26 Å². The van der Waals surface area contributed by atoms with Gasteiger partial charge in [0, 0.05) is 6.54 Å². The molecule has 2 N–H and O–H groups in total. The molecule has 11 heteroatoms. The van der Waals surface area contributed by atoms with Gasteiger partial charge in [0.1, 0.15) is 5.82 Å². The van der Waals surface area contributed by atoms with Gasteiger partial charge in [0.15, 0.2) is 6.23 Å². The maximum absolute atomic E-state index is 14.7. The average Bonchev–Trinajstić information content (AvgIpc) is 2.74. The van der Waals surface area contributed by atoms with Gasteiger partial charge in [0.25, 0.3) is 0 Å². The molecule has 1 atom stereocenters. The minimum atomic E-state index is -4.52. The summed E-state index contributed by atoms with van der Waals surface area (Å²) >= 11 is 0. The maximum Gasteiger partial charge on any atom is 0.416 e. The Labute approximate surface area is 191 Å². The van der Waals surface area contributed by atoms with Crippen molar-refractivity contribution in [3.05, 3.63) is 65.0 Å². The van der Waals surface area contributed by atoms with Gasteiger partial charge in [-0.15, -0.1) is 0 Å². The van der Waals surface area contributed by atoms with E-state index in [0.717, 1.165) is 23.1 Å². The summed E-state index contributed by atoms with van der Waals surface area (Å²) in [5.41, 5.74) is -1.93. The number of aliphatic hydroxyl groups excluding tert-OH is 1. The van der Waals surface area contributed by atoms with E-state index in [1.165, 1.54) is 29.2 Å². The summed E-state index contributed by atoms with van der Waals surface area (Å²) in [5.74, 6) is -3.33. The summed E-state index contributed by atoms with van der Waals surface area (Å²) in [5, 5.41) is 29.5. The molecule has 1 saturated heterocycles. The molecule has 2 fully saturated rings. The number of hydrogen-bond acceptors (Lipinski definition) is 5. The van der Waals surface area contributed by atoms with Crippen molar-refractivity contribution in [3.63, 3.8) is 0 Å². The Hall–Kier alpha value is -3.65. The first kappa shape index (κ1) is 23.5. The number of carboxylic acid groups (broad SMARTS) is 1. The van der Waals surface area contributed by atoms with Crippen LogP contribution in [0.2, 0.25) is 0 Å². The summed E-state index contributed by atoms with van der Waals surface area (Å²) in [6.07, 6.45) is -6.21. The third-order valence-electron chi connectivity index (χ3n) is 6.48. The van der Waals surface area contributed by atoms with Crippen LogP contribution in [0.1, 0.15) is 29.5 Å². The second-order valence-electron chi connectivity index (χ2n) is 8.50. The van der Waals surface area contributed by atoms with Crippen molar-refractivity contribution < 1.29 is 37.4 Å². The van der Waals surface area contributed by atoms with Crippen LogP contribution in [0.5, 0.6) is 0 Å². The molecule has 2 aromatic rings. The van der Waals surface area contributed by atoms with Gasteiger partial charge in [-0.2, -0.15) is 18.4 Å². The SMILES string of the molecule is N#Cc1ccc(N2CC(=O)N(Cc3ccc(C(F)(F)F)cc3)C3(CC(C(=O)O)C3)C2O)c(F)c1. The van der Waals surface area contributed by atoms with Crippen molar-refractivity contribution in [3.8, 4) is 6.07 Å². The van der Waals surface area contributed by atoms with Gasteiger partial charge in [-0.25, -0.2) is 4.39 Å². The number of piperazine rings is 1. The number of carbonyl (C=O) groups excluding carboxylic acids is 1. The molecule has 0 aromatic heterocycles. The molecule has 1 spiro atoms. The first-order valence-corrected chi connectivity index (χ1v) is 10.3. The molecule has 34 heavy (non-hydrogen) atoms. The fraction of sp³-hybridized carbons (Fsp3) is 0.348. The van der Waals surface area contributed by atoms with E-state index in [9.17, 15) is 37.4 Å². The van der Waals surface area contributed by atoms with Gasteiger partial charge in [-0.05, 0) is 48.7 Å². The van der Waals surface area contributed by atoms with Crippen LogP contribution in [0.25, 0.3) is 0 Å². The van der Waals surface area contributed by atoms with E-state index in [-0.39, 0.29) is 30.6 Å². The van der Waals surface area contributed by atoms with Gasteiger partial charge >= 0.3 is 12.1 Å². The molecule has 0 bridgehead atoms. The smallest absolute Gasteiger partial charge is 0.416 e. The van der Waals surface area contributed by atoms with Crippen LogP contribution in [0, 0.1) is 23.1 Å². The Bertz CT molecular complexity index is 1170. The van der Waals surface area contributed by atoms with Crippen molar-refractivity contribution in [1.82, 2.24) is 4.90 Å². The number of carbonyl (C=O) groups is 2. The Morgan fingerprint density at radius 1 is 1.18 bits per heavy atom. The molecule has 1 heterocycles. The number of nitrogens with zero attached hydrogens (tertiary/aromatic N) is 3. The van der Waals surface area contributed by atoms with Crippen molar-refractivity contribution in [1.29, 1.82) is 5.26 Å². The number of aliphatic carboxylic acids is 1. The molecule has 1 aliphatic carbocycles. The highest BCUT2D eigenvalue weighted by Crippen LogP contribution is 2.49. The molecular weight excluding hydrogens is 458 g/mol. The molecule has 1 aliphatic heterocycles. The van der Waals surface area contributed by atoms with Crippen LogP contribution in [0.4, 0.5) is 23.2 Å². The number of amides is 1. The quantitative estimate of drug-likeness (QED) is 0.656. The number of nitriles is 1. The Morgan fingerprint density at radius 3 is 2.35 bits per heavy atom. The Kier molecular flexibility index (Phi) is 5.73. The minimum absolute atomic E-state index is 0.0484. The fourth-order valence-corrected chi connectivity index (χ4v) is 4.65. The van der Waals surface area contributed by atoms with Crippen LogP contribution in [0.15, 0.2) is 42.5 Å². The summed E-state index contributed by atoms with van der Waals surface area (Å²) in [4.78, 5) is 27.0. The standard InChI is InChI=1S/C23H19F4N3O4/c24-17-7-14(10-28)3-6-18(17)29-12-19(31)30(22(21(29)34)8-15(9-22)20(32)33)11-13-1-4-16(5-2-13)23(25,26)27/h1-7,15,21,34H,8-9,11-12H2,(H,32,33). The number of benzene rings is 2. The number of rotatable bonds is 4. The van der Waals surface area contributed by atoms with Crippen molar-refractivity contribution >= 4 is 17.6 Å². The zero-order chi connectivity index (χ0) is 24.8. The number of aliphatic hydroxyl groups is 1. The Morgan fingerprint density at radius 2 is 1.82 bits per heavy atom. The highest BCUT2D eigenvalue weighted by atomic mass is 19.4. The van der Waals surface area contributed by atoms with Gasteiger partial charge in [0.2, 0.25) is 5.91 Å². The van der Waals surface area contributed by atoms with E-state index in [1.54, 1.807) is 6.07 Å². The Balaban J connectivity index is 1.66. The number of alkyl halides is 3. The highest BCUT2D eigenvalue weighted by molar-refractivity contribution is 5.85. The lowest BCUT2D eigenvalue weighted by Gasteiger charge is -2.60. The van der Waals surface area contributed by atoms with Gasteiger partial charge in [0.05, 0.1) is 40.9 Å². The molecule has 178 valence electrons. The van der Waals surface area contributed by atoms with Crippen molar-refractivity contribution in [2.45, 2.75) is 37.3 Å². The van der Waals surface area contributed by atoms with E-state index in [0.29, 0.717) is 5.56 Å². The maximum atomic E-state index is 14.7. The molecular formula is C23H19F4N3O4. The van der Waals surface area contributed by atoms with Crippen LogP contribution in [-0.4, -0.2) is 45.3 Å². The lowest BCUT2D eigenvalue weighted by atomic mass is 9.64. The molecule has 7 nitrogen and oxygen atoms in total. The molecule has 1 unspecified atom stereocenters. The molecule has 1 amide bonds. The molecule has 4 rings (SSSR count). The summed E-state index contributed by atoms with van der Waals surface area (Å²) in [6, 6.07) is 9.55. The van der Waals surface area contributed by atoms with E-state index < -0.39 is 53.7 Å². The summed E-state index contributed by atoms with van der Waals surface area (Å²) in [6.45, 7) is -0.589. The van der Waals surface area contributed by atoms with Crippen molar-refractivity contribution in [2.24, 2.45) is 5.92 Å².